The molecule has 0 radical (unpaired) electrons. The van der Waals surface area contributed by atoms with E-state index in [2.05, 4.69) is 10.6 Å². The highest BCUT2D eigenvalue weighted by Crippen LogP contribution is 2.17. The topological polar surface area (TPSA) is 100 Å². The first-order valence-electron chi connectivity index (χ1n) is 9.08. The summed E-state index contributed by atoms with van der Waals surface area (Å²) in [5.41, 5.74) is 2.02. The molecule has 1 atom stereocenters. The fraction of sp³-hybridized carbons (Fsp3) is 0.300. The molecular weight excluding hydrogens is 392 g/mol. The predicted molar refractivity (Wildman–Crippen MR) is 111 cm³/mol. The summed E-state index contributed by atoms with van der Waals surface area (Å²) in [4.78, 5) is 25.0. The van der Waals surface area contributed by atoms with Gasteiger partial charge in [0.2, 0.25) is 10.0 Å². The van der Waals surface area contributed by atoms with Gasteiger partial charge in [-0.3, -0.25) is 9.59 Å². The number of nitrogens with zero attached hydrogens (tertiary/aromatic N) is 1. The van der Waals surface area contributed by atoms with Crippen molar-refractivity contribution in [3.63, 3.8) is 0 Å². The normalized spacial score (nSPS) is 12.4. The lowest BCUT2D eigenvalue weighted by molar-refractivity contribution is -0.885. The number of anilines is 1. The van der Waals surface area contributed by atoms with E-state index in [-0.39, 0.29) is 23.3 Å². The Labute approximate surface area is 171 Å². The predicted octanol–water partition coefficient (Wildman–Crippen LogP) is -0.0501. The monoisotopic (exact) mass is 419 g/mol. The summed E-state index contributed by atoms with van der Waals surface area (Å²) >= 11 is 0. The molecule has 0 spiro atoms. The Morgan fingerprint density at radius 1 is 1.07 bits per heavy atom. The summed E-state index contributed by atoms with van der Waals surface area (Å²) in [5.74, 6) is -0.362. The third-order valence-corrected chi connectivity index (χ3v) is 6.12. The van der Waals surface area contributed by atoms with Crippen LogP contribution in [-0.4, -0.2) is 59.3 Å². The molecule has 0 saturated heterocycles. The second kappa shape index (κ2) is 9.64. The number of hydrogen-bond acceptors (Lipinski definition) is 4. The number of likely N-dealkylation sites (N-methyl/N-ethyl adjacent to an activating group) is 1. The van der Waals surface area contributed by atoms with Crippen LogP contribution in [0.5, 0.6) is 0 Å². The molecule has 0 fully saturated rings. The van der Waals surface area contributed by atoms with Crippen LogP contribution in [-0.2, 0) is 21.4 Å². The van der Waals surface area contributed by atoms with Gasteiger partial charge < -0.3 is 15.5 Å². The summed E-state index contributed by atoms with van der Waals surface area (Å²) in [6, 6.07) is 13.4. The highest BCUT2D eigenvalue weighted by molar-refractivity contribution is 7.89. The average molecular weight is 420 g/mol. The summed E-state index contributed by atoms with van der Waals surface area (Å²) in [7, 11) is 2.82. The second-order valence-electron chi connectivity index (χ2n) is 6.95. The molecule has 0 heterocycles. The minimum atomic E-state index is -3.56. The van der Waals surface area contributed by atoms with Crippen LogP contribution in [0.15, 0.2) is 53.4 Å². The number of carbonyl (C=O) groups is 2. The van der Waals surface area contributed by atoms with Gasteiger partial charge >= 0.3 is 0 Å². The lowest BCUT2D eigenvalue weighted by Gasteiger charge is -2.15. The SMILES string of the molecule is CNC(=O)c1ccc(C[NH+](C)CC(=O)Nc2cccc(S(=O)(=O)N(C)C)c2)cc1. The maximum atomic E-state index is 12.3. The molecule has 0 bridgehead atoms. The lowest BCUT2D eigenvalue weighted by atomic mass is 10.1. The molecule has 0 aliphatic rings. The molecule has 0 saturated carbocycles. The smallest absolute Gasteiger partial charge is 0.279 e. The highest BCUT2D eigenvalue weighted by Gasteiger charge is 2.18. The molecule has 2 rings (SSSR count). The number of quaternary nitrogens is 1. The molecule has 2 aromatic rings. The quantitative estimate of drug-likeness (QED) is 0.559. The summed E-state index contributed by atoms with van der Waals surface area (Å²) in [5, 5.41) is 5.32. The van der Waals surface area contributed by atoms with Crippen molar-refractivity contribution in [2.75, 3.05) is 40.1 Å². The third kappa shape index (κ3) is 6.11. The Bertz CT molecular complexity index is 972. The van der Waals surface area contributed by atoms with Crippen LogP contribution in [0, 0.1) is 0 Å². The molecule has 8 nitrogen and oxygen atoms in total. The Morgan fingerprint density at radius 3 is 2.31 bits per heavy atom. The summed E-state index contributed by atoms with van der Waals surface area (Å²) in [6.45, 7) is 0.818. The molecular formula is C20H27N4O4S+. The molecule has 0 aromatic heterocycles. The van der Waals surface area contributed by atoms with Gasteiger partial charge in [-0.15, -0.1) is 0 Å². The first-order valence-corrected chi connectivity index (χ1v) is 10.5. The number of hydrogen-bond donors (Lipinski definition) is 3. The minimum absolute atomic E-state index is 0.122. The molecule has 29 heavy (non-hydrogen) atoms. The largest absolute Gasteiger partial charge is 0.355 e. The van der Waals surface area contributed by atoms with Gasteiger partial charge in [0.05, 0.1) is 11.9 Å². The number of sulfonamides is 1. The van der Waals surface area contributed by atoms with Gasteiger partial charge in [0.25, 0.3) is 11.8 Å². The molecule has 3 N–H and O–H groups in total. The maximum Gasteiger partial charge on any atom is 0.279 e. The number of amides is 2. The van der Waals surface area contributed by atoms with Crippen molar-refractivity contribution in [2.45, 2.75) is 11.4 Å². The third-order valence-electron chi connectivity index (χ3n) is 4.31. The molecule has 1 unspecified atom stereocenters. The van der Waals surface area contributed by atoms with E-state index in [0.29, 0.717) is 17.8 Å². The maximum absolute atomic E-state index is 12.3. The van der Waals surface area contributed by atoms with Gasteiger partial charge in [-0.2, -0.15) is 0 Å². The molecule has 156 valence electrons. The number of benzene rings is 2. The number of carbonyl (C=O) groups excluding carboxylic acids is 2. The van der Waals surface area contributed by atoms with Crippen LogP contribution >= 0.6 is 0 Å². The van der Waals surface area contributed by atoms with Crippen molar-refractivity contribution < 1.29 is 22.9 Å². The van der Waals surface area contributed by atoms with E-state index in [1.807, 2.05) is 19.2 Å². The van der Waals surface area contributed by atoms with Crippen molar-refractivity contribution in [2.24, 2.45) is 0 Å². The molecule has 9 heteroatoms. The van der Waals surface area contributed by atoms with Crippen molar-refractivity contribution in [3.8, 4) is 0 Å². The lowest BCUT2D eigenvalue weighted by Crippen LogP contribution is -3.08. The van der Waals surface area contributed by atoms with Gasteiger partial charge in [-0.05, 0) is 30.3 Å². The van der Waals surface area contributed by atoms with Crippen LogP contribution in [0.25, 0.3) is 0 Å². The zero-order valence-corrected chi connectivity index (χ0v) is 17.8. The Balaban J connectivity index is 1.96. The zero-order chi connectivity index (χ0) is 21.6. The van der Waals surface area contributed by atoms with Gasteiger partial charge in [0.15, 0.2) is 6.54 Å². The van der Waals surface area contributed by atoms with E-state index in [9.17, 15) is 18.0 Å². The number of rotatable bonds is 8. The Morgan fingerprint density at radius 2 is 1.72 bits per heavy atom. The zero-order valence-electron chi connectivity index (χ0n) is 17.0. The summed E-state index contributed by atoms with van der Waals surface area (Å²) < 4.78 is 25.6. The summed E-state index contributed by atoms with van der Waals surface area (Å²) in [6.07, 6.45) is 0. The standard InChI is InChI=1S/C20H26N4O4S/c1-21-20(26)16-10-8-15(9-11-16)13-24(4)14-19(25)22-17-6-5-7-18(12-17)29(27,28)23(2)3/h5-12H,13-14H2,1-4H3,(H,21,26)(H,22,25)/p+1. The van der Waals surface area contributed by atoms with E-state index in [4.69, 9.17) is 0 Å². The van der Waals surface area contributed by atoms with E-state index in [1.54, 1.807) is 31.3 Å². The minimum Gasteiger partial charge on any atom is -0.355 e. The average Bonchev–Trinajstić information content (AvgIpc) is 2.67. The van der Waals surface area contributed by atoms with Crippen LogP contribution in [0.1, 0.15) is 15.9 Å². The Hall–Kier alpha value is -2.75. The van der Waals surface area contributed by atoms with E-state index < -0.39 is 10.0 Å². The van der Waals surface area contributed by atoms with Gasteiger partial charge in [-0.25, -0.2) is 12.7 Å². The molecule has 0 aliphatic heterocycles. The molecule has 0 aliphatic carbocycles. The van der Waals surface area contributed by atoms with Gasteiger partial charge in [-0.1, -0.05) is 18.2 Å². The van der Waals surface area contributed by atoms with E-state index in [1.165, 1.54) is 26.2 Å². The van der Waals surface area contributed by atoms with Crippen LogP contribution in [0.2, 0.25) is 0 Å². The van der Waals surface area contributed by atoms with Crippen LogP contribution in [0.4, 0.5) is 5.69 Å². The first kappa shape index (κ1) is 22.5. The van der Waals surface area contributed by atoms with Gasteiger partial charge in [0.1, 0.15) is 6.54 Å². The van der Waals surface area contributed by atoms with Crippen LogP contribution < -0.4 is 15.5 Å². The van der Waals surface area contributed by atoms with Gasteiger partial charge in [0, 0.05) is 38.0 Å². The highest BCUT2D eigenvalue weighted by atomic mass is 32.2. The van der Waals surface area contributed by atoms with E-state index in [0.717, 1.165) is 14.8 Å². The Kier molecular flexibility index (Phi) is 7.49. The first-order chi connectivity index (χ1) is 13.6. The fourth-order valence-corrected chi connectivity index (χ4v) is 3.70. The van der Waals surface area contributed by atoms with Crippen molar-refractivity contribution in [1.82, 2.24) is 9.62 Å². The van der Waals surface area contributed by atoms with Crippen molar-refractivity contribution in [1.29, 1.82) is 0 Å². The fourth-order valence-electron chi connectivity index (χ4n) is 2.75. The van der Waals surface area contributed by atoms with Crippen molar-refractivity contribution >= 4 is 27.5 Å². The van der Waals surface area contributed by atoms with E-state index >= 15 is 0 Å². The van der Waals surface area contributed by atoms with Crippen LogP contribution in [0.3, 0.4) is 0 Å². The second-order valence-corrected chi connectivity index (χ2v) is 9.10. The van der Waals surface area contributed by atoms with Crippen molar-refractivity contribution in [3.05, 3.63) is 59.7 Å². The molecule has 2 aromatic carbocycles. The number of nitrogens with one attached hydrogen (secondary N) is 3. The molecule has 2 amide bonds.